The van der Waals surface area contributed by atoms with E-state index in [1.165, 1.54) is 0 Å². The highest BCUT2D eigenvalue weighted by molar-refractivity contribution is 5.99. The summed E-state index contributed by atoms with van der Waals surface area (Å²) in [7, 11) is 0. The summed E-state index contributed by atoms with van der Waals surface area (Å²) < 4.78 is 10.6. The van der Waals surface area contributed by atoms with E-state index in [4.69, 9.17) is 9.47 Å². The minimum atomic E-state index is -0.786. The second-order valence-corrected chi connectivity index (χ2v) is 9.68. The number of carbonyl (C=O) groups excluding carboxylic acids is 3. The van der Waals surface area contributed by atoms with Gasteiger partial charge in [0.05, 0.1) is 0 Å². The number of benzene rings is 1. The van der Waals surface area contributed by atoms with Crippen LogP contribution in [0.15, 0.2) is 23.2 Å². The van der Waals surface area contributed by atoms with Gasteiger partial charge in [-0.05, 0) is 72.2 Å². The Morgan fingerprint density at radius 1 is 1.00 bits per heavy atom. The molecule has 0 aromatic heterocycles. The Hall–Kier alpha value is -3.10. The molecule has 1 fully saturated rings. The highest BCUT2D eigenvalue weighted by Crippen LogP contribution is 2.20. The number of aryl methyl sites for hydroxylation is 1. The molecule has 0 saturated carbocycles. The Balaban J connectivity index is 2.14. The van der Waals surface area contributed by atoms with E-state index in [-0.39, 0.29) is 5.96 Å². The fraction of sp³-hybridized carbons (Fsp3) is 0.565. The van der Waals surface area contributed by atoms with Gasteiger partial charge in [0.25, 0.3) is 0 Å². The third-order valence-corrected chi connectivity index (χ3v) is 4.53. The summed E-state index contributed by atoms with van der Waals surface area (Å²) in [6.45, 7) is 14.7. The average molecular weight is 447 g/mol. The molecule has 0 bridgehead atoms. The van der Waals surface area contributed by atoms with E-state index in [1.807, 2.05) is 30.0 Å². The van der Waals surface area contributed by atoms with Crippen molar-refractivity contribution >= 4 is 30.1 Å². The first-order valence-electron chi connectivity index (χ1n) is 10.6. The fourth-order valence-corrected chi connectivity index (χ4v) is 3.11. The van der Waals surface area contributed by atoms with E-state index in [9.17, 15) is 14.4 Å². The van der Waals surface area contributed by atoms with Gasteiger partial charge in [-0.1, -0.05) is 0 Å². The van der Waals surface area contributed by atoms with Crippen LogP contribution in [0, 0.1) is 6.92 Å². The first-order valence-corrected chi connectivity index (χ1v) is 10.6. The standard InChI is InChI=1S/C23H34N4O5/c1-16-14-18(9-8-17(16)15-28)26-10-12-27(13-11-26)19(24-20(29)31-22(2,3)4)25-21(30)32-23(5,6)7/h8-9,14-15H,10-13H2,1-7H3,(H,24,25,29,30). The second-order valence-electron chi connectivity index (χ2n) is 9.68. The van der Waals surface area contributed by atoms with Gasteiger partial charge in [0.2, 0.25) is 5.96 Å². The van der Waals surface area contributed by atoms with Crippen molar-refractivity contribution in [3.63, 3.8) is 0 Å². The van der Waals surface area contributed by atoms with Crippen molar-refractivity contribution in [2.75, 3.05) is 31.1 Å². The molecule has 1 N–H and O–H groups in total. The van der Waals surface area contributed by atoms with Crippen LogP contribution < -0.4 is 10.2 Å². The lowest BCUT2D eigenvalue weighted by Crippen LogP contribution is -2.54. The Morgan fingerprint density at radius 3 is 2.09 bits per heavy atom. The SMILES string of the molecule is Cc1cc(N2CCN(C(=NC(=O)OC(C)(C)C)NC(=O)OC(C)(C)C)CC2)ccc1C=O. The molecule has 2 amide bonds. The summed E-state index contributed by atoms with van der Waals surface area (Å²) in [5.41, 5.74) is 1.20. The van der Waals surface area contributed by atoms with Crippen LogP contribution in [0.4, 0.5) is 15.3 Å². The molecule has 9 nitrogen and oxygen atoms in total. The van der Waals surface area contributed by atoms with E-state index in [2.05, 4.69) is 15.2 Å². The van der Waals surface area contributed by atoms with Crippen LogP contribution in [0.2, 0.25) is 0 Å². The van der Waals surface area contributed by atoms with Crippen molar-refractivity contribution in [2.45, 2.75) is 59.7 Å². The van der Waals surface area contributed by atoms with Crippen molar-refractivity contribution < 1.29 is 23.9 Å². The average Bonchev–Trinajstić information content (AvgIpc) is 2.64. The maximum atomic E-state index is 12.3. The summed E-state index contributed by atoms with van der Waals surface area (Å²) in [5.74, 6) is 0.0978. The van der Waals surface area contributed by atoms with Crippen molar-refractivity contribution in [3.05, 3.63) is 29.3 Å². The monoisotopic (exact) mass is 446 g/mol. The largest absolute Gasteiger partial charge is 0.444 e. The predicted octanol–water partition coefficient (Wildman–Crippen LogP) is 3.75. The van der Waals surface area contributed by atoms with Crippen LogP contribution in [0.25, 0.3) is 0 Å². The van der Waals surface area contributed by atoms with Crippen LogP contribution >= 0.6 is 0 Å². The number of anilines is 1. The number of hydrogen-bond acceptors (Lipinski definition) is 6. The molecule has 1 saturated heterocycles. The highest BCUT2D eigenvalue weighted by Gasteiger charge is 2.26. The lowest BCUT2D eigenvalue weighted by atomic mass is 10.1. The molecule has 0 aliphatic carbocycles. The number of rotatable bonds is 2. The van der Waals surface area contributed by atoms with Crippen LogP contribution in [-0.2, 0) is 9.47 Å². The smallest absolute Gasteiger partial charge is 0.437 e. The van der Waals surface area contributed by atoms with Gasteiger partial charge in [0.15, 0.2) is 0 Å². The number of aldehydes is 1. The van der Waals surface area contributed by atoms with Crippen molar-refractivity contribution in [2.24, 2.45) is 4.99 Å². The Bertz CT molecular complexity index is 875. The minimum absolute atomic E-state index is 0.0978. The fourth-order valence-electron chi connectivity index (χ4n) is 3.11. The van der Waals surface area contributed by atoms with Crippen molar-refractivity contribution in [3.8, 4) is 0 Å². The molecule has 1 heterocycles. The topological polar surface area (TPSA) is 101 Å². The quantitative estimate of drug-likeness (QED) is 0.419. The highest BCUT2D eigenvalue weighted by atomic mass is 16.6. The number of carbonyl (C=O) groups is 3. The summed E-state index contributed by atoms with van der Waals surface area (Å²) in [6.07, 6.45) is -0.632. The van der Waals surface area contributed by atoms with Gasteiger partial charge in [-0.2, -0.15) is 0 Å². The second kappa shape index (κ2) is 10.0. The maximum Gasteiger partial charge on any atom is 0.437 e. The summed E-state index contributed by atoms with van der Waals surface area (Å²) in [5, 5.41) is 2.60. The molecule has 0 spiro atoms. The van der Waals surface area contributed by atoms with Crippen molar-refractivity contribution in [1.82, 2.24) is 10.2 Å². The number of alkyl carbamates (subject to hydrolysis) is 1. The van der Waals surface area contributed by atoms with Gasteiger partial charge in [-0.3, -0.25) is 10.1 Å². The van der Waals surface area contributed by atoms with Gasteiger partial charge < -0.3 is 19.3 Å². The van der Waals surface area contributed by atoms with Crippen molar-refractivity contribution in [1.29, 1.82) is 0 Å². The van der Waals surface area contributed by atoms with E-state index in [0.29, 0.717) is 31.7 Å². The molecule has 1 aromatic rings. The zero-order valence-electron chi connectivity index (χ0n) is 20.0. The Labute approximate surface area is 189 Å². The number of hydrogen-bond donors (Lipinski definition) is 1. The summed E-state index contributed by atoms with van der Waals surface area (Å²) in [4.78, 5) is 43.7. The van der Waals surface area contributed by atoms with E-state index in [0.717, 1.165) is 17.5 Å². The molecule has 176 valence electrons. The molecule has 1 aliphatic heterocycles. The molecular formula is C23H34N4O5. The first kappa shape index (κ1) is 25.2. The molecule has 9 heteroatoms. The third-order valence-electron chi connectivity index (χ3n) is 4.53. The number of nitrogens with one attached hydrogen (secondary N) is 1. The van der Waals surface area contributed by atoms with Gasteiger partial charge in [0.1, 0.15) is 17.5 Å². The lowest BCUT2D eigenvalue weighted by Gasteiger charge is -2.37. The van der Waals surface area contributed by atoms with E-state index < -0.39 is 23.4 Å². The molecule has 0 unspecified atom stereocenters. The molecule has 32 heavy (non-hydrogen) atoms. The third kappa shape index (κ3) is 7.86. The normalized spacial score (nSPS) is 15.3. The number of aliphatic imine (C=N–C) groups is 1. The maximum absolute atomic E-state index is 12.3. The van der Waals surface area contributed by atoms with Gasteiger partial charge in [-0.15, -0.1) is 4.99 Å². The number of nitrogens with zero attached hydrogens (tertiary/aromatic N) is 3. The van der Waals surface area contributed by atoms with Crippen LogP contribution in [0.3, 0.4) is 0 Å². The van der Waals surface area contributed by atoms with Crippen LogP contribution in [-0.4, -0.2) is 66.7 Å². The number of piperazine rings is 1. The summed E-state index contributed by atoms with van der Waals surface area (Å²) >= 11 is 0. The van der Waals surface area contributed by atoms with Crippen LogP contribution in [0.1, 0.15) is 57.5 Å². The zero-order valence-corrected chi connectivity index (χ0v) is 20.0. The number of amides is 2. The first-order chi connectivity index (χ1) is 14.8. The lowest BCUT2D eigenvalue weighted by molar-refractivity contribution is 0.0554. The zero-order chi connectivity index (χ0) is 24.1. The molecule has 0 radical (unpaired) electrons. The molecule has 1 aliphatic rings. The number of ether oxygens (including phenoxy) is 2. The molecule has 0 atom stereocenters. The number of guanidine groups is 1. The van der Waals surface area contributed by atoms with E-state index >= 15 is 0 Å². The van der Waals surface area contributed by atoms with Gasteiger partial charge in [0, 0.05) is 37.4 Å². The Kier molecular flexibility index (Phi) is 7.87. The molecule has 2 rings (SSSR count). The van der Waals surface area contributed by atoms with Crippen LogP contribution in [0.5, 0.6) is 0 Å². The minimum Gasteiger partial charge on any atom is -0.444 e. The predicted molar refractivity (Wildman–Crippen MR) is 123 cm³/mol. The van der Waals surface area contributed by atoms with Gasteiger partial charge in [-0.25, -0.2) is 9.59 Å². The molecule has 1 aromatic carbocycles. The summed E-state index contributed by atoms with van der Waals surface area (Å²) in [6, 6.07) is 5.71. The Morgan fingerprint density at radius 2 is 1.59 bits per heavy atom. The van der Waals surface area contributed by atoms with Gasteiger partial charge >= 0.3 is 12.2 Å². The molecular weight excluding hydrogens is 412 g/mol. The van der Waals surface area contributed by atoms with E-state index in [1.54, 1.807) is 41.5 Å².